The monoisotopic (exact) mass is 441 g/mol. The maximum atomic E-state index is 13.3. The third-order valence-electron chi connectivity index (χ3n) is 5.51. The van der Waals surface area contributed by atoms with E-state index >= 15 is 0 Å². The highest BCUT2D eigenvalue weighted by atomic mass is 19.1. The van der Waals surface area contributed by atoms with Crippen molar-refractivity contribution < 1.29 is 33.0 Å². The number of hydrogen-bond donors (Lipinski definition) is 2. The molecular weight excluding hydrogens is 421 g/mol. The molecule has 4 rings (SSSR count). The van der Waals surface area contributed by atoms with Crippen LogP contribution in [0.5, 0.6) is 11.5 Å². The molecule has 0 aromatic heterocycles. The number of amides is 4. The summed E-state index contributed by atoms with van der Waals surface area (Å²) in [5, 5.41) is 5.19. The molecule has 2 aromatic carbocycles. The van der Waals surface area contributed by atoms with Crippen molar-refractivity contribution in [1.82, 2.24) is 10.2 Å². The molecule has 2 aliphatic rings. The van der Waals surface area contributed by atoms with E-state index in [-0.39, 0.29) is 30.2 Å². The first kappa shape index (κ1) is 21.3. The van der Waals surface area contributed by atoms with Crippen LogP contribution in [0.15, 0.2) is 36.4 Å². The molecule has 0 aliphatic carbocycles. The Morgan fingerprint density at radius 2 is 1.81 bits per heavy atom. The van der Waals surface area contributed by atoms with E-state index in [4.69, 9.17) is 9.47 Å². The molecular formula is C22H20FN3O6. The highest BCUT2D eigenvalue weighted by Crippen LogP contribution is 2.37. The second-order valence-electron chi connectivity index (χ2n) is 7.44. The number of fused-ring (bicyclic) bond motifs is 1. The molecule has 10 heteroatoms. The van der Waals surface area contributed by atoms with Gasteiger partial charge in [-0.3, -0.25) is 19.3 Å². The van der Waals surface area contributed by atoms with Gasteiger partial charge in [0, 0.05) is 11.6 Å². The maximum Gasteiger partial charge on any atom is 0.325 e. The molecule has 9 nitrogen and oxygen atoms in total. The van der Waals surface area contributed by atoms with Crippen LogP contribution in [0.25, 0.3) is 0 Å². The zero-order chi connectivity index (χ0) is 23.0. The summed E-state index contributed by atoms with van der Waals surface area (Å²) in [6.45, 7) is 2.47. The van der Waals surface area contributed by atoms with Gasteiger partial charge < -0.3 is 20.1 Å². The molecule has 0 bridgehead atoms. The number of nitrogens with zero attached hydrogens (tertiary/aromatic N) is 1. The summed E-state index contributed by atoms with van der Waals surface area (Å²) in [7, 11) is 0. The van der Waals surface area contributed by atoms with E-state index in [1.54, 1.807) is 6.92 Å². The summed E-state index contributed by atoms with van der Waals surface area (Å²) in [6, 6.07) is 7.42. The van der Waals surface area contributed by atoms with Crippen molar-refractivity contribution in [3.05, 3.63) is 53.3 Å². The first-order valence-corrected chi connectivity index (χ1v) is 9.89. The largest absolute Gasteiger partial charge is 0.454 e. The third-order valence-corrected chi connectivity index (χ3v) is 5.51. The van der Waals surface area contributed by atoms with Crippen molar-refractivity contribution in [2.75, 3.05) is 18.7 Å². The Hall–Kier alpha value is -3.95. The van der Waals surface area contributed by atoms with Gasteiger partial charge >= 0.3 is 6.03 Å². The number of ketones is 1. The van der Waals surface area contributed by atoms with Crippen LogP contribution in [0, 0.1) is 5.82 Å². The fraction of sp³-hybridized carbons (Fsp3) is 0.273. The Balaban J connectivity index is 1.55. The first-order chi connectivity index (χ1) is 15.2. The molecule has 2 N–H and O–H groups in total. The Kier molecular flexibility index (Phi) is 5.29. The normalized spacial score (nSPS) is 19.2. The van der Waals surface area contributed by atoms with Crippen molar-refractivity contribution in [1.29, 1.82) is 0 Å². The Labute approximate surface area is 182 Å². The van der Waals surface area contributed by atoms with Crippen LogP contribution in [0.4, 0.5) is 14.9 Å². The summed E-state index contributed by atoms with van der Waals surface area (Å²) >= 11 is 0. The lowest BCUT2D eigenvalue weighted by Gasteiger charge is -2.25. The zero-order valence-electron chi connectivity index (χ0n) is 17.4. The van der Waals surface area contributed by atoms with Crippen molar-refractivity contribution in [3.8, 4) is 11.5 Å². The number of Topliss-reactive ketones (excluding diaryl/α,β-unsaturated/α-hetero) is 1. The summed E-state index contributed by atoms with van der Waals surface area (Å²) < 4.78 is 23.9. The molecule has 4 amide bonds. The quantitative estimate of drug-likeness (QED) is 0.526. The smallest absolute Gasteiger partial charge is 0.325 e. The van der Waals surface area contributed by atoms with Gasteiger partial charge in [0.25, 0.3) is 5.91 Å². The predicted octanol–water partition coefficient (Wildman–Crippen LogP) is 2.55. The van der Waals surface area contributed by atoms with E-state index in [0.29, 0.717) is 17.1 Å². The van der Waals surface area contributed by atoms with Gasteiger partial charge in [0.05, 0.1) is 5.69 Å². The lowest BCUT2D eigenvalue weighted by Crippen LogP contribution is -2.44. The summed E-state index contributed by atoms with van der Waals surface area (Å²) in [5.74, 6) is -1.34. The van der Waals surface area contributed by atoms with Gasteiger partial charge in [-0.05, 0) is 37.1 Å². The minimum Gasteiger partial charge on any atom is -0.454 e. The number of halogens is 1. The molecule has 1 fully saturated rings. The molecule has 1 saturated heterocycles. The number of rotatable bonds is 6. The van der Waals surface area contributed by atoms with Gasteiger partial charge in [-0.15, -0.1) is 0 Å². The minimum absolute atomic E-state index is 0.00495. The number of hydrogen-bond acceptors (Lipinski definition) is 6. The molecule has 0 spiro atoms. The van der Waals surface area contributed by atoms with E-state index in [2.05, 4.69) is 10.6 Å². The fourth-order valence-electron chi connectivity index (χ4n) is 3.81. The van der Waals surface area contributed by atoms with E-state index in [0.717, 1.165) is 4.90 Å². The zero-order valence-corrected chi connectivity index (χ0v) is 17.4. The van der Waals surface area contributed by atoms with Crippen molar-refractivity contribution >= 4 is 29.3 Å². The standard InChI is InChI=1S/C22H20FN3O6/c1-3-22(13-4-6-14(23)7-5-13)20(29)26(21(30)25-22)10-19(28)24-16-9-18-17(31-11-32-18)8-15(16)12(2)27/h4-9H,3,10-11H2,1-2H3,(H,24,28)(H,25,30)/t22-/m0/s1. The van der Waals surface area contributed by atoms with Crippen molar-refractivity contribution in [2.45, 2.75) is 25.8 Å². The van der Waals surface area contributed by atoms with Crippen LogP contribution in [0.3, 0.4) is 0 Å². The molecule has 2 aliphatic heterocycles. The molecule has 2 heterocycles. The summed E-state index contributed by atoms with van der Waals surface area (Å²) in [4.78, 5) is 51.2. The van der Waals surface area contributed by atoms with E-state index in [1.165, 1.54) is 43.3 Å². The van der Waals surface area contributed by atoms with Crippen LogP contribution in [-0.2, 0) is 15.1 Å². The second-order valence-corrected chi connectivity index (χ2v) is 7.44. The molecule has 0 radical (unpaired) electrons. The lowest BCUT2D eigenvalue weighted by atomic mass is 9.87. The number of ether oxygens (including phenoxy) is 2. The number of urea groups is 1. The highest BCUT2D eigenvalue weighted by Gasteiger charge is 2.51. The second kappa shape index (κ2) is 7.95. The number of nitrogens with one attached hydrogen (secondary N) is 2. The fourth-order valence-corrected chi connectivity index (χ4v) is 3.81. The van der Waals surface area contributed by atoms with Gasteiger partial charge in [-0.25, -0.2) is 9.18 Å². The molecule has 2 aromatic rings. The van der Waals surface area contributed by atoms with Crippen LogP contribution in [-0.4, -0.2) is 41.9 Å². The number of imide groups is 1. The average Bonchev–Trinajstić information content (AvgIpc) is 3.31. The maximum absolute atomic E-state index is 13.3. The van der Waals surface area contributed by atoms with Gasteiger partial charge in [0.15, 0.2) is 17.3 Å². The predicted molar refractivity (Wildman–Crippen MR) is 110 cm³/mol. The highest BCUT2D eigenvalue weighted by molar-refractivity contribution is 6.11. The van der Waals surface area contributed by atoms with Gasteiger partial charge in [-0.2, -0.15) is 0 Å². The van der Waals surface area contributed by atoms with Crippen LogP contribution in [0.1, 0.15) is 36.2 Å². The third kappa shape index (κ3) is 3.53. The van der Waals surface area contributed by atoms with Crippen molar-refractivity contribution in [3.63, 3.8) is 0 Å². The summed E-state index contributed by atoms with van der Waals surface area (Å²) in [5.41, 5.74) is -0.598. The molecule has 1 atom stereocenters. The van der Waals surface area contributed by atoms with Gasteiger partial charge in [0.1, 0.15) is 17.9 Å². The Bertz CT molecular complexity index is 1130. The number of benzene rings is 2. The summed E-state index contributed by atoms with van der Waals surface area (Å²) in [6.07, 6.45) is 0.206. The molecule has 166 valence electrons. The molecule has 0 saturated carbocycles. The topological polar surface area (TPSA) is 114 Å². The van der Waals surface area contributed by atoms with E-state index in [1.807, 2.05) is 0 Å². The number of carbonyl (C=O) groups is 4. The average molecular weight is 441 g/mol. The van der Waals surface area contributed by atoms with E-state index in [9.17, 15) is 23.6 Å². The van der Waals surface area contributed by atoms with Crippen LogP contribution in [0.2, 0.25) is 0 Å². The molecule has 32 heavy (non-hydrogen) atoms. The van der Waals surface area contributed by atoms with Crippen LogP contribution < -0.4 is 20.1 Å². The molecule has 0 unspecified atom stereocenters. The number of anilines is 1. The van der Waals surface area contributed by atoms with Crippen molar-refractivity contribution in [2.24, 2.45) is 0 Å². The van der Waals surface area contributed by atoms with E-state index < -0.39 is 35.7 Å². The van der Waals surface area contributed by atoms with Crippen LogP contribution >= 0.6 is 0 Å². The lowest BCUT2D eigenvalue weighted by molar-refractivity contribution is -0.134. The minimum atomic E-state index is -1.39. The van der Waals surface area contributed by atoms with Gasteiger partial charge in [-0.1, -0.05) is 19.1 Å². The van der Waals surface area contributed by atoms with Gasteiger partial charge in [0.2, 0.25) is 12.7 Å². The SMILES string of the molecule is CC[C@@]1(c2ccc(F)cc2)NC(=O)N(CC(=O)Nc2cc3c(cc2C(C)=O)OCO3)C1=O. The number of carbonyl (C=O) groups excluding carboxylic acids is 4. The first-order valence-electron chi connectivity index (χ1n) is 9.89. The Morgan fingerprint density at radius 1 is 1.16 bits per heavy atom. The Morgan fingerprint density at radius 3 is 2.44 bits per heavy atom.